The maximum absolute atomic E-state index is 11.8. The Kier molecular flexibility index (Phi) is 2.90. The van der Waals surface area contributed by atoms with Gasteiger partial charge in [0, 0.05) is 12.3 Å². The molecule has 1 saturated carbocycles. The fourth-order valence-corrected chi connectivity index (χ4v) is 2.55. The normalized spacial score (nSPS) is 21.7. The Hall–Kier alpha value is -1.11. The second-order valence-electron chi connectivity index (χ2n) is 4.69. The molecule has 1 aromatic rings. The number of carbonyl (C=O) groups excluding carboxylic acids is 1. The third-order valence-corrected chi connectivity index (χ3v) is 3.20. The molecule has 1 aliphatic carbocycles. The molecule has 0 aromatic heterocycles. The Morgan fingerprint density at radius 3 is 2.33 bits per heavy atom. The van der Waals surface area contributed by atoms with Gasteiger partial charge in [-0.25, -0.2) is 0 Å². The van der Waals surface area contributed by atoms with E-state index in [1.807, 2.05) is 0 Å². The summed E-state index contributed by atoms with van der Waals surface area (Å²) in [5.41, 5.74) is 3.77. The van der Waals surface area contributed by atoms with Gasteiger partial charge in [0.05, 0.1) is 0 Å². The van der Waals surface area contributed by atoms with Crippen LogP contribution in [-0.4, -0.2) is 5.78 Å². The zero-order valence-electron chi connectivity index (χ0n) is 9.55. The third-order valence-electron chi connectivity index (χ3n) is 3.20. The van der Waals surface area contributed by atoms with E-state index in [1.165, 1.54) is 23.1 Å². The van der Waals surface area contributed by atoms with E-state index in [0.29, 0.717) is 5.78 Å². The minimum Gasteiger partial charge on any atom is -0.299 e. The SMILES string of the molecule is Cc1cc(C)cc([C@H]2CCCCC2=O)c1. The molecule has 1 aliphatic rings. The maximum Gasteiger partial charge on any atom is 0.140 e. The summed E-state index contributed by atoms with van der Waals surface area (Å²) in [5, 5.41) is 0. The Morgan fingerprint density at radius 2 is 1.73 bits per heavy atom. The molecule has 0 amide bonds. The van der Waals surface area contributed by atoms with E-state index >= 15 is 0 Å². The zero-order valence-corrected chi connectivity index (χ0v) is 9.55. The van der Waals surface area contributed by atoms with E-state index in [1.54, 1.807) is 0 Å². The predicted molar refractivity (Wildman–Crippen MR) is 62.1 cm³/mol. The Labute approximate surface area is 91.5 Å². The largest absolute Gasteiger partial charge is 0.299 e. The highest BCUT2D eigenvalue weighted by Crippen LogP contribution is 2.30. The quantitative estimate of drug-likeness (QED) is 0.681. The van der Waals surface area contributed by atoms with Crippen molar-refractivity contribution in [2.45, 2.75) is 45.4 Å². The summed E-state index contributed by atoms with van der Waals surface area (Å²) in [6.45, 7) is 4.20. The summed E-state index contributed by atoms with van der Waals surface area (Å²) >= 11 is 0. The lowest BCUT2D eigenvalue weighted by Gasteiger charge is -2.21. The predicted octanol–water partition coefficient (Wildman–Crippen LogP) is 3.53. The molecule has 0 N–H and O–H groups in total. The molecular formula is C14H18O. The van der Waals surface area contributed by atoms with E-state index in [0.717, 1.165) is 19.3 Å². The molecule has 0 aliphatic heterocycles. The fourth-order valence-electron chi connectivity index (χ4n) is 2.55. The molecule has 1 atom stereocenters. The number of rotatable bonds is 1. The minimum absolute atomic E-state index is 0.178. The van der Waals surface area contributed by atoms with E-state index in [2.05, 4.69) is 32.0 Å². The average Bonchev–Trinajstić information content (AvgIpc) is 2.16. The number of benzene rings is 1. The highest BCUT2D eigenvalue weighted by molar-refractivity contribution is 5.86. The van der Waals surface area contributed by atoms with Crippen molar-refractivity contribution >= 4 is 5.78 Å². The molecule has 0 radical (unpaired) electrons. The molecule has 1 nitrogen and oxygen atoms in total. The smallest absolute Gasteiger partial charge is 0.140 e. The molecule has 0 saturated heterocycles. The number of Topliss-reactive ketones (excluding diaryl/α,β-unsaturated/α-hetero) is 1. The molecule has 15 heavy (non-hydrogen) atoms. The molecule has 80 valence electrons. The van der Waals surface area contributed by atoms with Crippen LogP contribution in [0.25, 0.3) is 0 Å². The van der Waals surface area contributed by atoms with Crippen LogP contribution in [-0.2, 0) is 4.79 Å². The summed E-state index contributed by atoms with van der Waals surface area (Å²) in [6, 6.07) is 6.50. The van der Waals surface area contributed by atoms with Crippen molar-refractivity contribution in [3.8, 4) is 0 Å². The lowest BCUT2D eigenvalue weighted by atomic mass is 9.82. The zero-order chi connectivity index (χ0) is 10.8. The number of hydrogen-bond donors (Lipinski definition) is 0. The summed E-state index contributed by atoms with van der Waals surface area (Å²) in [5.74, 6) is 0.614. The van der Waals surface area contributed by atoms with Crippen molar-refractivity contribution in [1.29, 1.82) is 0 Å². The van der Waals surface area contributed by atoms with Crippen molar-refractivity contribution in [3.63, 3.8) is 0 Å². The first kappa shape index (κ1) is 10.4. The van der Waals surface area contributed by atoms with Crippen molar-refractivity contribution < 1.29 is 4.79 Å². The Morgan fingerprint density at radius 1 is 1.07 bits per heavy atom. The molecule has 1 fully saturated rings. The summed E-state index contributed by atoms with van der Waals surface area (Å²) < 4.78 is 0. The highest BCUT2D eigenvalue weighted by Gasteiger charge is 2.23. The summed E-state index contributed by atoms with van der Waals surface area (Å²) in [4.78, 5) is 11.8. The van der Waals surface area contributed by atoms with Crippen LogP contribution in [0, 0.1) is 13.8 Å². The van der Waals surface area contributed by atoms with Crippen molar-refractivity contribution in [3.05, 3.63) is 34.9 Å². The van der Waals surface area contributed by atoms with Gasteiger partial charge in [0.2, 0.25) is 0 Å². The van der Waals surface area contributed by atoms with Gasteiger partial charge in [0.25, 0.3) is 0 Å². The fraction of sp³-hybridized carbons (Fsp3) is 0.500. The van der Waals surface area contributed by atoms with E-state index < -0.39 is 0 Å². The molecule has 0 heterocycles. The number of carbonyl (C=O) groups is 1. The second-order valence-corrected chi connectivity index (χ2v) is 4.69. The first-order valence-electron chi connectivity index (χ1n) is 5.78. The third kappa shape index (κ3) is 2.28. The van der Waals surface area contributed by atoms with Gasteiger partial charge in [-0.3, -0.25) is 4.79 Å². The minimum atomic E-state index is 0.178. The number of hydrogen-bond acceptors (Lipinski definition) is 1. The van der Waals surface area contributed by atoms with Gasteiger partial charge in [-0.2, -0.15) is 0 Å². The molecule has 1 heteroatoms. The average molecular weight is 202 g/mol. The molecule has 0 bridgehead atoms. The van der Waals surface area contributed by atoms with E-state index in [-0.39, 0.29) is 5.92 Å². The Balaban J connectivity index is 2.31. The van der Waals surface area contributed by atoms with Crippen LogP contribution in [0.15, 0.2) is 18.2 Å². The molecule has 0 spiro atoms. The van der Waals surface area contributed by atoms with Crippen LogP contribution in [0.3, 0.4) is 0 Å². The first-order chi connectivity index (χ1) is 7.16. The van der Waals surface area contributed by atoms with Gasteiger partial charge in [-0.1, -0.05) is 35.7 Å². The molecule has 2 rings (SSSR count). The van der Waals surface area contributed by atoms with Gasteiger partial charge in [-0.05, 0) is 32.3 Å². The van der Waals surface area contributed by atoms with E-state index in [4.69, 9.17) is 0 Å². The molecule has 1 aromatic carbocycles. The topological polar surface area (TPSA) is 17.1 Å². The summed E-state index contributed by atoms with van der Waals surface area (Å²) in [7, 11) is 0. The van der Waals surface area contributed by atoms with Crippen LogP contribution in [0.2, 0.25) is 0 Å². The van der Waals surface area contributed by atoms with Crippen molar-refractivity contribution in [1.82, 2.24) is 0 Å². The Bertz CT molecular complexity index is 359. The highest BCUT2D eigenvalue weighted by atomic mass is 16.1. The van der Waals surface area contributed by atoms with Gasteiger partial charge >= 0.3 is 0 Å². The second kappa shape index (κ2) is 4.18. The van der Waals surface area contributed by atoms with Gasteiger partial charge in [0.1, 0.15) is 5.78 Å². The molecular weight excluding hydrogens is 184 g/mol. The van der Waals surface area contributed by atoms with Crippen LogP contribution in [0.4, 0.5) is 0 Å². The lowest BCUT2D eigenvalue weighted by molar-refractivity contribution is -0.121. The van der Waals surface area contributed by atoms with Gasteiger partial charge in [0.15, 0.2) is 0 Å². The van der Waals surface area contributed by atoms with Crippen LogP contribution >= 0.6 is 0 Å². The van der Waals surface area contributed by atoms with Crippen LogP contribution in [0.1, 0.15) is 48.3 Å². The summed E-state index contributed by atoms with van der Waals surface area (Å²) in [6.07, 6.45) is 4.10. The number of ketones is 1. The lowest BCUT2D eigenvalue weighted by Crippen LogP contribution is -2.17. The van der Waals surface area contributed by atoms with Crippen molar-refractivity contribution in [2.24, 2.45) is 0 Å². The van der Waals surface area contributed by atoms with Crippen molar-refractivity contribution in [2.75, 3.05) is 0 Å². The standard InChI is InChI=1S/C14H18O/c1-10-7-11(2)9-12(8-10)13-5-3-4-6-14(13)15/h7-9,13H,3-6H2,1-2H3/t13-/m1/s1. The monoisotopic (exact) mass is 202 g/mol. The van der Waals surface area contributed by atoms with E-state index in [9.17, 15) is 4.79 Å². The van der Waals surface area contributed by atoms with Crippen LogP contribution in [0.5, 0.6) is 0 Å². The number of aryl methyl sites for hydroxylation is 2. The van der Waals surface area contributed by atoms with Gasteiger partial charge < -0.3 is 0 Å². The van der Waals surface area contributed by atoms with Gasteiger partial charge in [-0.15, -0.1) is 0 Å². The first-order valence-corrected chi connectivity index (χ1v) is 5.78. The molecule has 0 unspecified atom stereocenters. The van der Waals surface area contributed by atoms with Crippen LogP contribution < -0.4 is 0 Å². The maximum atomic E-state index is 11.8.